The van der Waals surface area contributed by atoms with E-state index in [1.54, 1.807) is 6.07 Å². The van der Waals surface area contributed by atoms with Gasteiger partial charge in [-0.1, -0.05) is 13.0 Å². The summed E-state index contributed by atoms with van der Waals surface area (Å²) in [5.41, 5.74) is 8.89. The van der Waals surface area contributed by atoms with Crippen molar-refractivity contribution in [3.63, 3.8) is 0 Å². The van der Waals surface area contributed by atoms with Crippen LogP contribution in [0, 0.1) is 17.3 Å². The zero-order chi connectivity index (χ0) is 15.5. The van der Waals surface area contributed by atoms with Crippen LogP contribution in [0.25, 0.3) is 0 Å². The number of aliphatic hydroxyl groups is 1. The maximum Gasteiger partial charge on any atom is 0.201 e. The van der Waals surface area contributed by atoms with Gasteiger partial charge in [0.05, 0.1) is 11.8 Å². The molecule has 5 atom stereocenters. The molecule has 118 valence electrons. The third kappa shape index (κ3) is 1.88. The number of nitrogens with two attached hydrogens (primary N) is 1. The minimum atomic E-state index is -0.129. The molecule has 0 spiro atoms. The first-order valence-corrected chi connectivity index (χ1v) is 8.61. The number of rotatable bonds is 0. The summed E-state index contributed by atoms with van der Waals surface area (Å²) in [5, 5.41) is 10.4. The normalized spacial score (nSPS) is 39.7. The van der Waals surface area contributed by atoms with Gasteiger partial charge in [-0.25, -0.2) is 0 Å². The van der Waals surface area contributed by atoms with Crippen molar-refractivity contribution in [2.45, 2.75) is 57.5 Å². The van der Waals surface area contributed by atoms with Gasteiger partial charge in [-0.15, -0.1) is 0 Å². The van der Waals surface area contributed by atoms with Crippen molar-refractivity contribution < 1.29 is 5.11 Å². The smallest absolute Gasteiger partial charge is 0.201 e. The van der Waals surface area contributed by atoms with Crippen LogP contribution in [-0.2, 0) is 6.42 Å². The number of fused-ring (bicyclic) bond motifs is 5. The van der Waals surface area contributed by atoms with Gasteiger partial charge in [-0.05, 0) is 85.0 Å². The molecule has 0 amide bonds. The molecule has 2 fully saturated rings. The number of hydrogen-bond acceptors (Lipinski definition) is 3. The minimum absolute atomic E-state index is 0.0668. The molecule has 1 aromatic carbocycles. The highest BCUT2D eigenvalue weighted by atomic mass is 16.3. The van der Waals surface area contributed by atoms with E-state index in [2.05, 4.69) is 6.92 Å². The van der Waals surface area contributed by atoms with Crippen LogP contribution < -0.4 is 11.2 Å². The van der Waals surface area contributed by atoms with Gasteiger partial charge in [0.2, 0.25) is 5.43 Å². The molecule has 3 N–H and O–H groups in total. The van der Waals surface area contributed by atoms with Gasteiger partial charge in [0, 0.05) is 0 Å². The SMILES string of the molecule is C[C@]12CC[C@@H]3c4ccc(=O)c(N)cc4CC[C@H]3[C@@H]1CC[C@@H]2O. The van der Waals surface area contributed by atoms with E-state index in [-0.39, 0.29) is 16.9 Å². The Bertz CT molecular complexity index is 671. The Morgan fingerprint density at radius 3 is 2.86 bits per heavy atom. The number of aliphatic hydroxyl groups excluding tert-OH is 1. The third-order valence-electron chi connectivity index (χ3n) is 6.93. The molecule has 2 saturated carbocycles. The zero-order valence-corrected chi connectivity index (χ0v) is 13.2. The Balaban J connectivity index is 1.77. The largest absolute Gasteiger partial charge is 0.396 e. The summed E-state index contributed by atoms with van der Waals surface area (Å²) in [6.45, 7) is 2.29. The first-order chi connectivity index (χ1) is 10.5. The van der Waals surface area contributed by atoms with Crippen molar-refractivity contribution in [2.75, 3.05) is 5.73 Å². The van der Waals surface area contributed by atoms with Crippen molar-refractivity contribution in [1.29, 1.82) is 0 Å². The van der Waals surface area contributed by atoms with Crippen LogP contribution in [0.4, 0.5) is 5.69 Å². The Labute approximate surface area is 131 Å². The second kappa shape index (κ2) is 4.82. The lowest BCUT2D eigenvalue weighted by Crippen LogP contribution is -2.43. The fraction of sp³-hybridized carbons (Fsp3) is 0.632. The van der Waals surface area contributed by atoms with Gasteiger partial charge in [-0.2, -0.15) is 0 Å². The van der Waals surface area contributed by atoms with E-state index in [0.717, 1.165) is 32.1 Å². The van der Waals surface area contributed by atoms with Crippen molar-refractivity contribution in [3.8, 4) is 0 Å². The van der Waals surface area contributed by atoms with Crippen LogP contribution in [-0.4, -0.2) is 11.2 Å². The predicted molar refractivity (Wildman–Crippen MR) is 87.7 cm³/mol. The first-order valence-electron chi connectivity index (χ1n) is 8.61. The highest BCUT2D eigenvalue weighted by Gasteiger charge is 2.54. The average molecular weight is 299 g/mol. The summed E-state index contributed by atoms with van der Waals surface area (Å²) < 4.78 is 0. The number of anilines is 1. The Kier molecular flexibility index (Phi) is 3.12. The molecule has 4 rings (SSSR count). The molecule has 3 aliphatic rings. The second-order valence-corrected chi connectivity index (χ2v) is 7.83. The molecule has 0 heterocycles. The second-order valence-electron chi connectivity index (χ2n) is 7.83. The lowest BCUT2D eigenvalue weighted by Gasteiger charge is -2.49. The number of nitrogen functional groups attached to an aromatic ring is 1. The molecule has 22 heavy (non-hydrogen) atoms. The van der Waals surface area contributed by atoms with Gasteiger partial charge in [0.25, 0.3) is 0 Å². The van der Waals surface area contributed by atoms with Crippen LogP contribution in [0.15, 0.2) is 23.0 Å². The summed E-state index contributed by atoms with van der Waals surface area (Å²) >= 11 is 0. The quantitative estimate of drug-likeness (QED) is 0.774. The molecule has 3 heteroatoms. The topological polar surface area (TPSA) is 63.3 Å². The number of aryl methyl sites for hydroxylation is 1. The predicted octanol–water partition coefficient (Wildman–Crippen LogP) is 2.85. The van der Waals surface area contributed by atoms with Crippen molar-refractivity contribution in [2.24, 2.45) is 17.3 Å². The molecular weight excluding hydrogens is 274 g/mol. The van der Waals surface area contributed by atoms with Crippen LogP contribution >= 0.6 is 0 Å². The third-order valence-corrected chi connectivity index (χ3v) is 6.93. The van der Waals surface area contributed by atoms with Crippen molar-refractivity contribution in [1.82, 2.24) is 0 Å². The molecule has 0 saturated heterocycles. The van der Waals surface area contributed by atoms with E-state index < -0.39 is 0 Å². The van der Waals surface area contributed by atoms with Crippen LogP contribution in [0.3, 0.4) is 0 Å². The minimum Gasteiger partial charge on any atom is -0.396 e. The van der Waals surface area contributed by atoms with Gasteiger partial charge in [0.1, 0.15) is 0 Å². The summed E-state index contributed by atoms with van der Waals surface area (Å²) in [7, 11) is 0. The monoisotopic (exact) mass is 299 g/mol. The fourth-order valence-electron chi connectivity index (χ4n) is 5.66. The molecule has 0 aromatic heterocycles. The van der Waals surface area contributed by atoms with E-state index in [9.17, 15) is 9.90 Å². The number of hydrogen-bond donors (Lipinski definition) is 2. The van der Waals surface area contributed by atoms with E-state index in [1.807, 2.05) is 12.1 Å². The Morgan fingerprint density at radius 1 is 1.23 bits per heavy atom. The van der Waals surface area contributed by atoms with Crippen molar-refractivity contribution in [3.05, 3.63) is 39.5 Å². The molecule has 3 nitrogen and oxygen atoms in total. The van der Waals surface area contributed by atoms with Crippen LogP contribution in [0.1, 0.15) is 56.1 Å². The van der Waals surface area contributed by atoms with Crippen LogP contribution in [0.5, 0.6) is 0 Å². The van der Waals surface area contributed by atoms with E-state index in [0.29, 0.717) is 23.4 Å². The zero-order valence-electron chi connectivity index (χ0n) is 13.2. The lowest BCUT2D eigenvalue weighted by atomic mass is 9.55. The van der Waals surface area contributed by atoms with Gasteiger partial charge < -0.3 is 10.8 Å². The van der Waals surface area contributed by atoms with E-state index in [4.69, 9.17) is 5.73 Å². The fourth-order valence-corrected chi connectivity index (χ4v) is 5.66. The Hall–Kier alpha value is -1.35. The molecular formula is C19H25NO2. The van der Waals surface area contributed by atoms with E-state index >= 15 is 0 Å². The summed E-state index contributed by atoms with van der Waals surface area (Å²) in [5.74, 6) is 1.82. The molecule has 0 unspecified atom stereocenters. The van der Waals surface area contributed by atoms with Gasteiger partial charge >= 0.3 is 0 Å². The maximum absolute atomic E-state index is 11.9. The highest BCUT2D eigenvalue weighted by molar-refractivity contribution is 5.45. The maximum atomic E-state index is 11.9. The van der Waals surface area contributed by atoms with Crippen LogP contribution in [0.2, 0.25) is 0 Å². The molecule has 0 bridgehead atoms. The van der Waals surface area contributed by atoms with Gasteiger partial charge in [-0.3, -0.25) is 4.79 Å². The lowest BCUT2D eigenvalue weighted by molar-refractivity contribution is -0.0225. The van der Waals surface area contributed by atoms with Gasteiger partial charge in [0.15, 0.2) is 0 Å². The molecule has 0 radical (unpaired) electrons. The molecule has 1 aromatic rings. The first kappa shape index (κ1) is 14.3. The molecule has 0 aliphatic heterocycles. The van der Waals surface area contributed by atoms with E-state index in [1.165, 1.54) is 17.5 Å². The average Bonchev–Trinajstić information content (AvgIpc) is 2.72. The molecule has 3 aliphatic carbocycles. The Morgan fingerprint density at radius 2 is 2.05 bits per heavy atom. The van der Waals surface area contributed by atoms with Crippen molar-refractivity contribution >= 4 is 5.69 Å². The summed E-state index contributed by atoms with van der Waals surface area (Å²) in [4.78, 5) is 11.9. The highest BCUT2D eigenvalue weighted by Crippen LogP contribution is 2.60. The summed E-state index contributed by atoms with van der Waals surface area (Å²) in [6, 6.07) is 5.58. The standard InChI is InChI=1S/C19H25NO2/c1-19-9-8-13-12-4-6-17(21)16(20)10-11(12)2-3-14(13)15(19)5-7-18(19)22/h4,6,10,13-15,18,22H,2-3,5,7-9H2,1H3,(H2,20,21)/t13-,14-,15+,18+,19+/m1/s1. The summed E-state index contributed by atoms with van der Waals surface area (Å²) in [6.07, 6.45) is 6.38.